The molecule has 0 bridgehead atoms. The third-order valence-electron chi connectivity index (χ3n) is 7.27. The van der Waals surface area contributed by atoms with E-state index < -0.39 is 0 Å². The molecule has 184 valence electrons. The smallest absolute Gasteiger partial charge is 0.0902 e. The summed E-state index contributed by atoms with van der Waals surface area (Å²) in [6.07, 6.45) is 7.07. The van der Waals surface area contributed by atoms with Gasteiger partial charge in [0.05, 0.1) is 12.4 Å². The zero-order valence-electron chi connectivity index (χ0n) is 22.0. The fourth-order valence-electron chi connectivity index (χ4n) is 5.84. The molecule has 2 aromatic rings. The maximum absolute atomic E-state index is 6.05. The number of hydrogen-bond donors (Lipinski definition) is 2. The highest BCUT2D eigenvalue weighted by atomic mass is 15.4. The van der Waals surface area contributed by atoms with Crippen LogP contribution in [0.5, 0.6) is 0 Å². The zero-order chi connectivity index (χ0) is 25.1. The lowest BCUT2D eigenvalue weighted by molar-refractivity contribution is 0.363. The summed E-state index contributed by atoms with van der Waals surface area (Å²) in [7, 11) is 0. The standard InChI is InChI=1S/C31H40N4/c1-7-26-8-10-27(11-9-26)19-33-29(18-32)28-16-24(5)31(25(6)17-28)35-13-12-34(20-35)30-22(3)14-21(2)15-23(30)4/h7-11,14,16-18,23,33H,1,12-13,15,19-20,32H2,2-6H3/b29-18-/t23-/m0/s1. The van der Waals surface area contributed by atoms with Gasteiger partial charge in [-0.1, -0.05) is 55.5 Å². The summed E-state index contributed by atoms with van der Waals surface area (Å²) in [6, 6.07) is 12.9. The molecule has 0 amide bonds. The molecule has 0 unspecified atom stereocenters. The number of benzene rings is 2. The van der Waals surface area contributed by atoms with Gasteiger partial charge in [-0.2, -0.15) is 0 Å². The molecule has 0 aromatic heterocycles. The summed E-state index contributed by atoms with van der Waals surface area (Å²) >= 11 is 0. The van der Waals surface area contributed by atoms with Crippen LogP contribution in [0.1, 0.15) is 55.0 Å². The quantitative estimate of drug-likeness (QED) is 0.498. The van der Waals surface area contributed by atoms with Crippen molar-refractivity contribution in [2.24, 2.45) is 11.7 Å². The zero-order valence-corrected chi connectivity index (χ0v) is 22.0. The Morgan fingerprint density at radius 2 is 1.71 bits per heavy atom. The van der Waals surface area contributed by atoms with Gasteiger partial charge in [0.2, 0.25) is 0 Å². The minimum absolute atomic E-state index is 0.584. The topological polar surface area (TPSA) is 44.5 Å². The van der Waals surface area contributed by atoms with Crippen LogP contribution < -0.4 is 16.0 Å². The number of hydrogen-bond acceptors (Lipinski definition) is 4. The molecule has 4 nitrogen and oxygen atoms in total. The first-order valence-electron chi connectivity index (χ1n) is 12.7. The number of allylic oxidation sites excluding steroid dienone is 4. The van der Waals surface area contributed by atoms with Crippen LogP contribution in [0, 0.1) is 19.8 Å². The maximum atomic E-state index is 6.05. The lowest BCUT2D eigenvalue weighted by Crippen LogP contribution is -2.30. The van der Waals surface area contributed by atoms with Gasteiger partial charge < -0.3 is 20.9 Å². The first-order valence-corrected chi connectivity index (χ1v) is 12.7. The van der Waals surface area contributed by atoms with Crippen LogP contribution in [-0.4, -0.2) is 24.7 Å². The Balaban J connectivity index is 1.49. The van der Waals surface area contributed by atoms with Crippen LogP contribution in [0.2, 0.25) is 0 Å². The van der Waals surface area contributed by atoms with E-state index in [9.17, 15) is 0 Å². The second-order valence-electron chi connectivity index (χ2n) is 10.2. The van der Waals surface area contributed by atoms with Crippen molar-refractivity contribution < 1.29 is 0 Å². The number of aryl methyl sites for hydroxylation is 2. The van der Waals surface area contributed by atoms with Crippen molar-refractivity contribution in [3.63, 3.8) is 0 Å². The number of nitrogens with one attached hydrogen (secondary N) is 1. The summed E-state index contributed by atoms with van der Waals surface area (Å²) in [5.41, 5.74) is 18.8. The van der Waals surface area contributed by atoms with Crippen LogP contribution in [0.3, 0.4) is 0 Å². The maximum Gasteiger partial charge on any atom is 0.0902 e. The lowest BCUT2D eigenvalue weighted by Gasteiger charge is -2.32. The molecular formula is C31H40N4. The Hall–Kier alpha value is -3.40. The summed E-state index contributed by atoms with van der Waals surface area (Å²) in [5.74, 6) is 0.584. The average molecular weight is 469 g/mol. The molecule has 3 N–H and O–H groups in total. The van der Waals surface area contributed by atoms with E-state index in [1.54, 1.807) is 6.20 Å². The van der Waals surface area contributed by atoms with E-state index in [2.05, 4.69) is 98.8 Å². The van der Waals surface area contributed by atoms with Crippen LogP contribution in [0.4, 0.5) is 5.69 Å². The molecule has 2 aliphatic rings. The van der Waals surface area contributed by atoms with Crippen LogP contribution in [-0.2, 0) is 6.54 Å². The van der Waals surface area contributed by atoms with E-state index in [4.69, 9.17) is 5.73 Å². The predicted octanol–water partition coefficient (Wildman–Crippen LogP) is 6.33. The number of rotatable bonds is 7. The minimum atomic E-state index is 0.584. The molecule has 2 aromatic carbocycles. The van der Waals surface area contributed by atoms with Crippen molar-refractivity contribution in [1.29, 1.82) is 0 Å². The van der Waals surface area contributed by atoms with E-state index in [0.717, 1.165) is 49.5 Å². The van der Waals surface area contributed by atoms with Gasteiger partial charge >= 0.3 is 0 Å². The monoisotopic (exact) mass is 468 g/mol. The number of nitrogens with zero attached hydrogens (tertiary/aromatic N) is 2. The summed E-state index contributed by atoms with van der Waals surface area (Å²) < 4.78 is 0. The number of nitrogens with two attached hydrogens (primary N) is 1. The Labute approximate surface area is 211 Å². The van der Waals surface area contributed by atoms with Crippen LogP contribution in [0.15, 0.2) is 72.1 Å². The van der Waals surface area contributed by atoms with Crippen molar-refractivity contribution in [3.05, 3.63) is 99.9 Å². The Kier molecular flexibility index (Phi) is 7.39. The van der Waals surface area contributed by atoms with E-state index in [1.165, 1.54) is 39.2 Å². The molecule has 0 radical (unpaired) electrons. The van der Waals surface area contributed by atoms with Gasteiger partial charge in [-0.05, 0) is 79.6 Å². The summed E-state index contributed by atoms with van der Waals surface area (Å²) in [6.45, 7) is 18.9. The van der Waals surface area contributed by atoms with Gasteiger partial charge in [-0.15, -0.1) is 0 Å². The predicted molar refractivity (Wildman–Crippen MR) is 151 cm³/mol. The van der Waals surface area contributed by atoms with E-state index in [0.29, 0.717) is 5.92 Å². The van der Waals surface area contributed by atoms with Gasteiger partial charge in [0.15, 0.2) is 0 Å². The second kappa shape index (κ2) is 10.5. The lowest BCUT2D eigenvalue weighted by atomic mass is 9.89. The van der Waals surface area contributed by atoms with Crippen molar-refractivity contribution in [2.75, 3.05) is 24.7 Å². The molecule has 0 spiro atoms. The number of anilines is 1. The van der Waals surface area contributed by atoms with E-state index >= 15 is 0 Å². The van der Waals surface area contributed by atoms with Crippen molar-refractivity contribution in [2.45, 2.75) is 47.6 Å². The second-order valence-corrected chi connectivity index (χ2v) is 10.2. The van der Waals surface area contributed by atoms with Gasteiger partial charge in [-0.3, -0.25) is 0 Å². The van der Waals surface area contributed by atoms with E-state index in [-0.39, 0.29) is 0 Å². The fourth-order valence-corrected chi connectivity index (χ4v) is 5.84. The minimum Gasteiger partial charge on any atom is -0.403 e. The largest absolute Gasteiger partial charge is 0.403 e. The van der Waals surface area contributed by atoms with Crippen molar-refractivity contribution >= 4 is 17.5 Å². The van der Waals surface area contributed by atoms with Crippen LogP contribution >= 0.6 is 0 Å². The Morgan fingerprint density at radius 3 is 2.31 bits per heavy atom. The summed E-state index contributed by atoms with van der Waals surface area (Å²) in [5, 5.41) is 3.52. The third kappa shape index (κ3) is 5.32. The van der Waals surface area contributed by atoms with Crippen molar-refractivity contribution in [3.8, 4) is 0 Å². The Morgan fingerprint density at radius 1 is 1.06 bits per heavy atom. The molecule has 4 heteroatoms. The molecular weight excluding hydrogens is 428 g/mol. The van der Waals surface area contributed by atoms with Gasteiger partial charge in [0.25, 0.3) is 0 Å². The average Bonchev–Trinajstić information content (AvgIpc) is 3.27. The molecule has 1 fully saturated rings. The van der Waals surface area contributed by atoms with Gasteiger partial charge in [-0.25, -0.2) is 0 Å². The first-order chi connectivity index (χ1) is 16.8. The molecule has 0 saturated carbocycles. The van der Waals surface area contributed by atoms with Crippen molar-refractivity contribution in [1.82, 2.24) is 10.2 Å². The highest BCUT2D eigenvalue weighted by molar-refractivity contribution is 5.71. The van der Waals surface area contributed by atoms with Gasteiger partial charge in [0.1, 0.15) is 0 Å². The molecule has 1 heterocycles. The first kappa shape index (κ1) is 24.7. The fraction of sp³-hybridized carbons (Fsp3) is 0.355. The third-order valence-corrected chi connectivity index (χ3v) is 7.27. The highest BCUT2D eigenvalue weighted by Crippen LogP contribution is 2.35. The molecule has 1 saturated heterocycles. The van der Waals surface area contributed by atoms with Crippen LogP contribution in [0.25, 0.3) is 11.8 Å². The van der Waals surface area contributed by atoms with Gasteiger partial charge in [0, 0.05) is 43.1 Å². The normalized spacial score (nSPS) is 18.7. The molecule has 35 heavy (non-hydrogen) atoms. The molecule has 1 aliphatic heterocycles. The molecule has 1 atom stereocenters. The molecule has 4 rings (SSSR count). The van der Waals surface area contributed by atoms with E-state index in [1.807, 2.05) is 6.08 Å². The highest BCUT2D eigenvalue weighted by Gasteiger charge is 2.29. The SMILES string of the molecule is C=Cc1ccc(CN/C(=C\N)c2cc(C)c(N3CCN(C4=C(C)C=C(C)C[C@@H]4C)C3)c(C)c2)cc1. The summed E-state index contributed by atoms with van der Waals surface area (Å²) in [4.78, 5) is 5.12. The Bertz CT molecular complexity index is 1160. The molecule has 1 aliphatic carbocycles.